The van der Waals surface area contributed by atoms with Crippen molar-refractivity contribution in [1.82, 2.24) is 15.6 Å². The first kappa shape index (κ1) is 27.5. The third-order valence-corrected chi connectivity index (χ3v) is 5.05. The molecule has 0 radical (unpaired) electrons. The van der Waals surface area contributed by atoms with E-state index in [0.717, 1.165) is 69.9 Å². The second-order valence-corrected chi connectivity index (χ2v) is 8.84. The van der Waals surface area contributed by atoms with E-state index in [0.29, 0.717) is 12.5 Å². The van der Waals surface area contributed by atoms with E-state index in [1.165, 1.54) is 0 Å². The lowest BCUT2D eigenvalue weighted by atomic mass is 10.1. The van der Waals surface area contributed by atoms with E-state index in [9.17, 15) is 4.79 Å². The molecule has 2 heterocycles. The van der Waals surface area contributed by atoms with Crippen LogP contribution in [0.15, 0.2) is 29.4 Å². The number of carbonyl (C=O) groups excluding carboxylic acids is 1. The lowest BCUT2D eigenvalue weighted by Gasteiger charge is -2.33. The highest BCUT2D eigenvalue weighted by atomic mass is 127. The molecule has 1 aliphatic heterocycles. The van der Waals surface area contributed by atoms with Crippen LogP contribution in [-0.4, -0.2) is 55.2 Å². The molecule has 2 rings (SSSR count). The Morgan fingerprint density at radius 1 is 1.19 bits per heavy atom. The van der Waals surface area contributed by atoms with Crippen LogP contribution in [0.5, 0.6) is 0 Å². The minimum atomic E-state index is -0.390. The van der Waals surface area contributed by atoms with Gasteiger partial charge in [0.2, 0.25) is 0 Å². The van der Waals surface area contributed by atoms with Gasteiger partial charge in [0.15, 0.2) is 5.96 Å². The number of hydrogen-bond donors (Lipinski definition) is 2. The second kappa shape index (κ2) is 14.5. The number of unbranched alkanes of at least 4 members (excludes halogenated alkanes) is 3. The van der Waals surface area contributed by atoms with E-state index < -0.39 is 0 Å². The van der Waals surface area contributed by atoms with Crippen LogP contribution in [-0.2, 0) is 9.53 Å². The molecule has 8 heteroatoms. The van der Waals surface area contributed by atoms with Gasteiger partial charge in [-0.2, -0.15) is 0 Å². The van der Waals surface area contributed by atoms with Gasteiger partial charge in [0.1, 0.15) is 11.4 Å². The van der Waals surface area contributed by atoms with Gasteiger partial charge >= 0.3 is 5.97 Å². The van der Waals surface area contributed by atoms with Gasteiger partial charge in [0.05, 0.1) is 0 Å². The van der Waals surface area contributed by atoms with Crippen molar-refractivity contribution in [3.63, 3.8) is 0 Å². The zero-order chi connectivity index (χ0) is 21.8. The average molecular weight is 546 g/mol. The van der Waals surface area contributed by atoms with Crippen LogP contribution in [0.1, 0.15) is 65.7 Å². The number of pyridine rings is 1. The van der Waals surface area contributed by atoms with Crippen LogP contribution in [0.2, 0.25) is 0 Å². The number of halogens is 1. The Balaban J connectivity index is 0.00000480. The summed E-state index contributed by atoms with van der Waals surface area (Å²) < 4.78 is 5.33. The summed E-state index contributed by atoms with van der Waals surface area (Å²) >= 11 is 0. The summed E-state index contributed by atoms with van der Waals surface area (Å²) in [5.74, 6) is 1.84. The van der Waals surface area contributed by atoms with Crippen molar-refractivity contribution in [3.05, 3.63) is 24.4 Å². The monoisotopic (exact) mass is 545 g/mol. The van der Waals surface area contributed by atoms with Crippen molar-refractivity contribution in [2.45, 2.75) is 77.4 Å². The zero-order valence-corrected chi connectivity index (χ0v) is 21.9. The first-order chi connectivity index (χ1) is 14.4. The van der Waals surface area contributed by atoms with E-state index in [2.05, 4.69) is 31.6 Å². The summed E-state index contributed by atoms with van der Waals surface area (Å²) in [5.41, 5.74) is -0.390. The van der Waals surface area contributed by atoms with Crippen molar-refractivity contribution in [2.75, 3.05) is 31.6 Å². The number of anilines is 1. The molecule has 1 aromatic heterocycles. The van der Waals surface area contributed by atoms with E-state index >= 15 is 0 Å². The largest absolute Gasteiger partial charge is 0.460 e. The number of esters is 1. The molecule has 176 valence electrons. The number of rotatable bonds is 9. The maximum atomic E-state index is 11.7. The fourth-order valence-corrected chi connectivity index (χ4v) is 3.53. The quantitative estimate of drug-likeness (QED) is 0.160. The Hall–Kier alpha value is -1.58. The number of carbonyl (C=O) groups is 1. The molecule has 0 saturated carbocycles. The van der Waals surface area contributed by atoms with E-state index in [1.807, 2.05) is 46.1 Å². The Morgan fingerprint density at radius 3 is 2.52 bits per heavy atom. The van der Waals surface area contributed by atoms with Crippen molar-refractivity contribution in [2.24, 2.45) is 4.99 Å². The highest BCUT2D eigenvalue weighted by Gasteiger charge is 2.20. The molecule has 0 amide bonds. The standard InChI is InChI=1S/C23H39N5O2.HI/c1-23(2,3)30-21(29)12-7-5-6-9-16-26-22(24-4)27-19-13-17-28(18-14-19)20-11-8-10-15-25-20;/h8,10-11,15,19H,5-7,9,12-14,16-18H2,1-4H3,(H2,24,26,27);1H. The zero-order valence-electron chi connectivity index (χ0n) is 19.5. The highest BCUT2D eigenvalue weighted by molar-refractivity contribution is 14.0. The number of aromatic nitrogens is 1. The average Bonchev–Trinajstić information content (AvgIpc) is 2.72. The Kier molecular flexibility index (Phi) is 12.8. The minimum absolute atomic E-state index is 0. The summed E-state index contributed by atoms with van der Waals surface area (Å²) in [6.07, 6.45) is 8.58. The molecule has 0 aliphatic carbocycles. The molecule has 0 aromatic carbocycles. The highest BCUT2D eigenvalue weighted by Crippen LogP contribution is 2.17. The predicted molar refractivity (Wildman–Crippen MR) is 138 cm³/mol. The van der Waals surface area contributed by atoms with Crippen LogP contribution in [0.25, 0.3) is 0 Å². The first-order valence-electron chi connectivity index (χ1n) is 11.2. The maximum absolute atomic E-state index is 11.7. The lowest BCUT2D eigenvalue weighted by Crippen LogP contribution is -2.49. The number of piperidine rings is 1. The van der Waals surface area contributed by atoms with Crippen LogP contribution in [0, 0.1) is 0 Å². The third-order valence-electron chi connectivity index (χ3n) is 5.05. The molecule has 1 aliphatic rings. The van der Waals surface area contributed by atoms with Crippen LogP contribution in [0.3, 0.4) is 0 Å². The Labute approximate surface area is 204 Å². The molecule has 1 aromatic rings. The summed E-state index contributed by atoms with van der Waals surface area (Å²) in [4.78, 5) is 22.8. The third kappa shape index (κ3) is 11.6. The van der Waals surface area contributed by atoms with Crippen molar-refractivity contribution in [1.29, 1.82) is 0 Å². The van der Waals surface area contributed by atoms with Gasteiger partial charge in [-0.3, -0.25) is 9.79 Å². The first-order valence-corrected chi connectivity index (χ1v) is 11.2. The molecule has 31 heavy (non-hydrogen) atoms. The topological polar surface area (TPSA) is 78.8 Å². The SMILES string of the molecule is CN=C(NCCCCCCC(=O)OC(C)(C)C)NC1CCN(c2ccccn2)CC1.I. The number of hydrogen-bond acceptors (Lipinski definition) is 5. The number of nitrogens with one attached hydrogen (secondary N) is 2. The second-order valence-electron chi connectivity index (χ2n) is 8.84. The summed E-state index contributed by atoms with van der Waals surface area (Å²) in [7, 11) is 1.82. The molecular formula is C23H40IN5O2. The van der Waals surface area contributed by atoms with Gasteiger partial charge in [0, 0.05) is 45.3 Å². The minimum Gasteiger partial charge on any atom is -0.460 e. The fraction of sp³-hybridized carbons (Fsp3) is 0.696. The van der Waals surface area contributed by atoms with Crippen LogP contribution < -0.4 is 15.5 Å². The van der Waals surface area contributed by atoms with E-state index in [-0.39, 0.29) is 35.5 Å². The van der Waals surface area contributed by atoms with Crippen LogP contribution in [0.4, 0.5) is 5.82 Å². The molecule has 0 bridgehead atoms. The number of guanidine groups is 1. The molecule has 2 N–H and O–H groups in total. The predicted octanol–water partition coefficient (Wildman–Crippen LogP) is 4.13. The molecular weight excluding hydrogens is 505 g/mol. The molecule has 0 unspecified atom stereocenters. The normalized spacial score (nSPS) is 15.2. The van der Waals surface area contributed by atoms with Gasteiger partial charge in [-0.05, 0) is 58.6 Å². The Bertz CT molecular complexity index is 656. The van der Waals surface area contributed by atoms with Crippen molar-refractivity contribution in [3.8, 4) is 0 Å². The molecule has 0 atom stereocenters. The maximum Gasteiger partial charge on any atom is 0.306 e. The Morgan fingerprint density at radius 2 is 1.90 bits per heavy atom. The van der Waals surface area contributed by atoms with Crippen molar-refractivity contribution < 1.29 is 9.53 Å². The van der Waals surface area contributed by atoms with Gasteiger partial charge in [-0.1, -0.05) is 18.9 Å². The summed E-state index contributed by atoms with van der Waals surface area (Å²) in [5, 5.41) is 6.96. The smallest absolute Gasteiger partial charge is 0.306 e. The molecule has 1 fully saturated rings. The molecule has 1 saturated heterocycles. The fourth-order valence-electron chi connectivity index (χ4n) is 3.53. The summed E-state index contributed by atoms with van der Waals surface area (Å²) in [6, 6.07) is 6.50. The molecule has 0 spiro atoms. The number of nitrogens with zero attached hydrogens (tertiary/aromatic N) is 3. The van der Waals surface area contributed by atoms with Gasteiger partial charge in [-0.15, -0.1) is 24.0 Å². The van der Waals surface area contributed by atoms with Crippen molar-refractivity contribution >= 4 is 41.7 Å². The van der Waals surface area contributed by atoms with Gasteiger partial charge in [-0.25, -0.2) is 4.98 Å². The number of ether oxygens (including phenoxy) is 1. The van der Waals surface area contributed by atoms with Gasteiger partial charge in [0.25, 0.3) is 0 Å². The van der Waals surface area contributed by atoms with Crippen LogP contribution >= 0.6 is 24.0 Å². The van der Waals surface area contributed by atoms with E-state index in [4.69, 9.17) is 4.74 Å². The summed E-state index contributed by atoms with van der Waals surface area (Å²) in [6.45, 7) is 8.61. The lowest BCUT2D eigenvalue weighted by molar-refractivity contribution is -0.154. The van der Waals surface area contributed by atoms with Gasteiger partial charge < -0.3 is 20.3 Å². The number of aliphatic imine (C=N–C) groups is 1. The van der Waals surface area contributed by atoms with E-state index in [1.54, 1.807) is 0 Å². The molecule has 7 nitrogen and oxygen atoms in total.